The number of hydrogen-bond donors (Lipinski definition) is 0. The topological polar surface area (TPSA) is 93.5 Å². The van der Waals surface area contributed by atoms with E-state index in [0.29, 0.717) is 5.56 Å². The van der Waals surface area contributed by atoms with Crippen molar-refractivity contribution in [2.75, 3.05) is 13.7 Å². The predicted molar refractivity (Wildman–Crippen MR) is 83.7 cm³/mol. The van der Waals surface area contributed by atoms with Crippen molar-refractivity contribution in [1.29, 1.82) is 0 Å². The summed E-state index contributed by atoms with van der Waals surface area (Å²) in [5.74, 6) is -0.572. The first-order valence-electron chi connectivity index (χ1n) is 7.53. The lowest BCUT2D eigenvalue weighted by atomic mass is 9.84. The van der Waals surface area contributed by atoms with Crippen LogP contribution in [0.2, 0.25) is 0 Å². The standard InChI is InChI=1S/C16H21N3O4/c1-10-13(9-22-15(20)12-7-5-4-6-8-12)23-16(21-3)11(2)14(10)18-19-17/h4-8,10-11,13-14,16H,9H2,1-3H3/t10-,11?,13?,14-,16-/m0/s1. The number of benzene rings is 1. The summed E-state index contributed by atoms with van der Waals surface area (Å²) in [6.07, 6.45) is -0.888. The van der Waals surface area contributed by atoms with Crippen molar-refractivity contribution < 1.29 is 19.0 Å². The molecule has 1 fully saturated rings. The molecule has 1 heterocycles. The maximum absolute atomic E-state index is 12.0. The van der Waals surface area contributed by atoms with Gasteiger partial charge < -0.3 is 14.2 Å². The van der Waals surface area contributed by atoms with E-state index < -0.39 is 12.3 Å². The quantitative estimate of drug-likeness (QED) is 0.360. The van der Waals surface area contributed by atoms with Crippen LogP contribution in [-0.4, -0.2) is 38.1 Å². The minimum Gasteiger partial charge on any atom is -0.459 e. The Morgan fingerprint density at radius 2 is 2.00 bits per heavy atom. The zero-order valence-electron chi connectivity index (χ0n) is 13.5. The fraction of sp³-hybridized carbons (Fsp3) is 0.562. The second kappa shape index (κ2) is 7.97. The van der Waals surface area contributed by atoms with Gasteiger partial charge in [0.15, 0.2) is 6.29 Å². The van der Waals surface area contributed by atoms with Crippen molar-refractivity contribution in [3.8, 4) is 0 Å². The van der Waals surface area contributed by atoms with Gasteiger partial charge in [-0.2, -0.15) is 0 Å². The van der Waals surface area contributed by atoms with Crippen LogP contribution in [0.25, 0.3) is 10.4 Å². The molecule has 1 aromatic carbocycles. The van der Waals surface area contributed by atoms with Gasteiger partial charge in [-0.25, -0.2) is 4.79 Å². The number of rotatable bonds is 5. The Kier molecular flexibility index (Phi) is 5.98. The second-order valence-corrected chi connectivity index (χ2v) is 5.66. The van der Waals surface area contributed by atoms with E-state index in [1.165, 1.54) is 7.11 Å². The first kappa shape index (κ1) is 17.3. The van der Waals surface area contributed by atoms with Crippen LogP contribution in [0.5, 0.6) is 0 Å². The summed E-state index contributed by atoms with van der Waals surface area (Å²) in [5.41, 5.74) is 9.24. The van der Waals surface area contributed by atoms with E-state index in [9.17, 15) is 4.79 Å². The average Bonchev–Trinajstić information content (AvgIpc) is 2.58. The summed E-state index contributed by atoms with van der Waals surface area (Å²) in [6, 6.07) is 8.48. The summed E-state index contributed by atoms with van der Waals surface area (Å²) in [4.78, 5) is 14.9. The number of esters is 1. The molecule has 0 N–H and O–H groups in total. The van der Waals surface area contributed by atoms with Crippen LogP contribution < -0.4 is 0 Å². The van der Waals surface area contributed by atoms with Gasteiger partial charge in [-0.3, -0.25) is 0 Å². The molecule has 1 aromatic rings. The number of hydrogen-bond acceptors (Lipinski definition) is 5. The van der Waals surface area contributed by atoms with Gasteiger partial charge in [0, 0.05) is 24.0 Å². The average molecular weight is 319 g/mol. The number of carbonyl (C=O) groups is 1. The Labute approximate surface area is 135 Å². The summed E-state index contributed by atoms with van der Waals surface area (Å²) >= 11 is 0. The molecule has 1 aliphatic rings. The molecule has 0 aliphatic carbocycles. The van der Waals surface area contributed by atoms with Crippen molar-refractivity contribution in [2.45, 2.75) is 32.3 Å². The molecular formula is C16H21N3O4. The normalized spacial score (nSPS) is 30.3. The molecule has 0 spiro atoms. The molecule has 2 unspecified atom stereocenters. The van der Waals surface area contributed by atoms with Gasteiger partial charge in [0.05, 0.1) is 11.7 Å². The smallest absolute Gasteiger partial charge is 0.338 e. The zero-order chi connectivity index (χ0) is 16.8. The molecule has 1 aliphatic heterocycles. The van der Waals surface area contributed by atoms with Gasteiger partial charge >= 0.3 is 5.97 Å². The first-order chi connectivity index (χ1) is 11.1. The van der Waals surface area contributed by atoms with Crippen molar-refractivity contribution in [2.24, 2.45) is 17.0 Å². The summed E-state index contributed by atoms with van der Waals surface area (Å²) in [5, 5.41) is 3.86. The van der Waals surface area contributed by atoms with Gasteiger partial charge in [-0.15, -0.1) is 0 Å². The molecule has 0 bridgehead atoms. The van der Waals surface area contributed by atoms with Crippen molar-refractivity contribution in [3.05, 3.63) is 46.3 Å². The van der Waals surface area contributed by atoms with Crippen molar-refractivity contribution in [1.82, 2.24) is 0 Å². The molecule has 0 aromatic heterocycles. The Bertz CT molecular complexity index is 574. The maximum Gasteiger partial charge on any atom is 0.338 e. The van der Waals surface area contributed by atoms with E-state index in [1.807, 2.05) is 19.9 Å². The zero-order valence-corrected chi connectivity index (χ0v) is 13.5. The highest BCUT2D eigenvalue weighted by Crippen LogP contribution is 2.33. The minimum atomic E-state index is -0.498. The fourth-order valence-corrected chi connectivity index (χ4v) is 2.83. The Hall–Kier alpha value is -2.08. The number of methoxy groups -OCH3 is 1. The number of ether oxygens (including phenoxy) is 3. The Morgan fingerprint density at radius 1 is 1.30 bits per heavy atom. The van der Waals surface area contributed by atoms with E-state index in [0.717, 1.165) is 0 Å². The molecule has 7 nitrogen and oxygen atoms in total. The highest BCUT2D eigenvalue weighted by Gasteiger charge is 2.41. The Morgan fingerprint density at radius 3 is 2.61 bits per heavy atom. The largest absolute Gasteiger partial charge is 0.459 e. The van der Waals surface area contributed by atoms with E-state index >= 15 is 0 Å². The molecule has 124 valence electrons. The Balaban J connectivity index is 2.03. The highest BCUT2D eigenvalue weighted by molar-refractivity contribution is 5.89. The number of azide groups is 1. The number of nitrogens with zero attached hydrogens (tertiary/aromatic N) is 3. The molecule has 0 radical (unpaired) electrons. The van der Waals surface area contributed by atoms with Gasteiger partial charge in [0.1, 0.15) is 6.61 Å². The molecule has 7 heteroatoms. The molecule has 0 amide bonds. The maximum atomic E-state index is 12.0. The summed E-state index contributed by atoms with van der Waals surface area (Å²) in [7, 11) is 1.54. The first-order valence-corrected chi connectivity index (χ1v) is 7.53. The number of carbonyl (C=O) groups excluding carboxylic acids is 1. The molecular weight excluding hydrogens is 298 g/mol. The monoisotopic (exact) mass is 319 g/mol. The highest BCUT2D eigenvalue weighted by atomic mass is 16.7. The lowest BCUT2D eigenvalue weighted by Crippen LogP contribution is -2.50. The summed E-state index contributed by atoms with van der Waals surface area (Å²) < 4.78 is 16.5. The molecule has 5 atom stereocenters. The second-order valence-electron chi connectivity index (χ2n) is 5.66. The van der Waals surface area contributed by atoms with Crippen LogP contribution in [0.3, 0.4) is 0 Å². The van der Waals surface area contributed by atoms with E-state index in [4.69, 9.17) is 19.7 Å². The third kappa shape index (κ3) is 4.01. The van der Waals surface area contributed by atoms with E-state index in [2.05, 4.69) is 10.0 Å². The predicted octanol–water partition coefficient (Wildman–Crippen LogP) is 3.17. The van der Waals surface area contributed by atoms with Crippen LogP contribution in [0.1, 0.15) is 24.2 Å². The van der Waals surface area contributed by atoms with Crippen molar-refractivity contribution in [3.63, 3.8) is 0 Å². The van der Waals surface area contributed by atoms with E-state index in [1.54, 1.807) is 24.3 Å². The minimum absolute atomic E-state index is 0.0769. The van der Waals surface area contributed by atoms with Crippen LogP contribution in [0, 0.1) is 11.8 Å². The molecule has 2 rings (SSSR count). The third-order valence-electron chi connectivity index (χ3n) is 4.21. The lowest BCUT2D eigenvalue weighted by molar-refractivity contribution is -0.233. The molecule has 1 saturated heterocycles. The van der Waals surface area contributed by atoms with Gasteiger partial charge in [0.25, 0.3) is 0 Å². The van der Waals surface area contributed by atoms with Gasteiger partial charge in [-0.1, -0.05) is 37.2 Å². The van der Waals surface area contributed by atoms with E-state index in [-0.39, 0.29) is 30.6 Å². The fourth-order valence-electron chi connectivity index (χ4n) is 2.83. The van der Waals surface area contributed by atoms with Crippen LogP contribution in [0.4, 0.5) is 0 Å². The van der Waals surface area contributed by atoms with Crippen LogP contribution in [0.15, 0.2) is 35.4 Å². The molecule has 23 heavy (non-hydrogen) atoms. The van der Waals surface area contributed by atoms with Crippen LogP contribution in [-0.2, 0) is 14.2 Å². The van der Waals surface area contributed by atoms with Crippen molar-refractivity contribution >= 4 is 5.97 Å². The third-order valence-corrected chi connectivity index (χ3v) is 4.21. The van der Waals surface area contributed by atoms with Gasteiger partial charge in [-0.05, 0) is 23.6 Å². The summed E-state index contributed by atoms with van der Waals surface area (Å²) in [6.45, 7) is 3.91. The lowest BCUT2D eigenvalue weighted by Gasteiger charge is -2.42. The molecule has 0 saturated carbocycles. The van der Waals surface area contributed by atoms with Gasteiger partial charge in [0.2, 0.25) is 0 Å². The SMILES string of the molecule is CO[C@H]1OC(COC(=O)c2ccccc2)[C@H](C)[C@H](N=[N+]=[N-])C1C. The van der Waals surface area contributed by atoms with Crippen LogP contribution >= 0.6 is 0 Å².